The van der Waals surface area contributed by atoms with Crippen LogP contribution in [0.25, 0.3) is 0 Å². The number of pyridine rings is 1. The molecular weight excluding hydrogens is 424 g/mol. The quantitative estimate of drug-likeness (QED) is 0.362. The van der Waals surface area contributed by atoms with E-state index in [1.165, 1.54) is 12.0 Å². The monoisotopic (exact) mass is 456 g/mol. The molecule has 2 amide bonds. The highest BCUT2D eigenvalue weighted by molar-refractivity contribution is 5.97. The maximum Gasteiger partial charge on any atom is 0.251 e. The maximum atomic E-state index is 12.9. The van der Waals surface area contributed by atoms with Crippen molar-refractivity contribution in [2.24, 2.45) is 0 Å². The van der Waals surface area contributed by atoms with Crippen LogP contribution in [0.2, 0.25) is 0 Å². The van der Waals surface area contributed by atoms with E-state index in [1.807, 2.05) is 42.5 Å². The third-order valence-electron chi connectivity index (χ3n) is 6.17. The first-order valence-electron chi connectivity index (χ1n) is 12.0. The lowest BCUT2D eigenvalue weighted by molar-refractivity contribution is -0.123. The molecule has 2 unspecified atom stereocenters. The van der Waals surface area contributed by atoms with Gasteiger partial charge in [-0.25, -0.2) is 0 Å². The van der Waals surface area contributed by atoms with Crippen LogP contribution in [0.1, 0.15) is 53.2 Å². The van der Waals surface area contributed by atoms with E-state index < -0.39 is 6.04 Å². The average molecular weight is 457 g/mol. The molecule has 0 saturated heterocycles. The number of nitrogens with zero attached hydrogens (tertiary/aromatic N) is 1. The summed E-state index contributed by atoms with van der Waals surface area (Å²) in [6.45, 7) is 1.24. The van der Waals surface area contributed by atoms with E-state index in [1.54, 1.807) is 18.3 Å². The fourth-order valence-electron chi connectivity index (χ4n) is 4.15. The molecule has 6 nitrogen and oxygen atoms in total. The third kappa shape index (κ3) is 6.99. The molecule has 3 aromatic rings. The molecule has 4 rings (SSSR count). The molecule has 2 aromatic carbocycles. The van der Waals surface area contributed by atoms with Crippen molar-refractivity contribution >= 4 is 11.8 Å². The summed E-state index contributed by atoms with van der Waals surface area (Å²) >= 11 is 0. The van der Waals surface area contributed by atoms with Gasteiger partial charge < -0.3 is 16.0 Å². The number of hydrogen-bond acceptors (Lipinski definition) is 4. The zero-order valence-corrected chi connectivity index (χ0v) is 19.3. The summed E-state index contributed by atoms with van der Waals surface area (Å²) in [5.41, 5.74) is 2.73. The molecule has 176 valence electrons. The van der Waals surface area contributed by atoms with Crippen LogP contribution in [-0.4, -0.2) is 35.4 Å². The Labute approximate surface area is 201 Å². The maximum absolute atomic E-state index is 12.9. The molecule has 1 aliphatic rings. The Bertz CT molecular complexity index is 1040. The number of benzene rings is 2. The van der Waals surface area contributed by atoms with Crippen LogP contribution >= 0.6 is 0 Å². The summed E-state index contributed by atoms with van der Waals surface area (Å²) in [5.74, 6) is 0.186. The largest absolute Gasteiger partial charge is 0.349 e. The summed E-state index contributed by atoms with van der Waals surface area (Å²) in [4.78, 5) is 29.8. The number of nitrogens with one attached hydrogen (secondary N) is 3. The highest BCUT2D eigenvalue weighted by Crippen LogP contribution is 2.40. The number of hydrogen-bond donors (Lipinski definition) is 3. The average Bonchev–Trinajstić information content (AvgIpc) is 3.67. The molecule has 0 aliphatic heterocycles. The van der Waals surface area contributed by atoms with E-state index in [0.29, 0.717) is 30.5 Å². The number of amides is 2. The fourth-order valence-corrected chi connectivity index (χ4v) is 4.15. The SMILES string of the molecule is O=C(N[C@@H](CCCCNC1CC1c1ccccc1)C(=O)NCc1ccccn1)c1ccccc1. The minimum Gasteiger partial charge on any atom is -0.349 e. The van der Waals surface area contributed by atoms with Gasteiger partial charge >= 0.3 is 0 Å². The molecule has 3 atom stereocenters. The van der Waals surface area contributed by atoms with Crippen LogP contribution in [0.15, 0.2) is 85.1 Å². The molecule has 0 radical (unpaired) electrons. The fraction of sp³-hybridized carbons (Fsp3) is 0.321. The Morgan fingerprint density at radius 3 is 2.38 bits per heavy atom. The molecule has 0 spiro atoms. The van der Waals surface area contributed by atoms with Gasteiger partial charge in [-0.05, 0) is 62.1 Å². The number of carbonyl (C=O) groups excluding carboxylic acids is 2. The Kier molecular flexibility index (Phi) is 8.41. The minimum absolute atomic E-state index is 0.186. The van der Waals surface area contributed by atoms with Gasteiger partial charge in [0.05, 0.1) is 12.2 Å². The van der Waals surface area contributed by atoms with Gasteiger partial charge in [0.1, 0.15) is 6.04 Å². The van der Waals surface area contributed by atoms with Gasteiger partial charge in [-0.15, -0.1) is 0 Å². The van der Waals surface area contributed by atoms with Crippen molar-refractivity contribution in [1.29, 1.82) is 0 Å². The van der Waals surface area contributed by atoms with E-state index in [2.05, 4.69) is 45.2 Å². The number of carbonyl (C=O) groups is 2. The van der Waals surface area contributed by atoms with Crippen LogP contribution in [0.3, 0.4) is 0 Å². The molecular formula is C28H32N4O2. The standard InChI is InChI=1S/C28H32N4O2/c33-27(22-13-5-2-6-14-22)32-25(28(34)31-20-23-15-7-9-17-29-23)16-8-10-18-30-26-19-24(26)21-11-3-1-4-12-21/h1-7,9,11-15,17,24-26,30H,8,10,16,18-20H2,(H,31,34)(H,32,33)/t24?,25-,26?/m0/s1. The molecule has 1 fully saturated rings. The van der Waals surface area contributed by atoms with Gasteiger partial charge in [0.2, 0.25) is 5.91 Å². The van der Waals surface area contributed by atoms with E-state index in [-0.39, 0.29) is 11.8 Å². The first-order chi connectivity index (χ1) is 16.7. The molecule has 6 heteroatoms. The highest BCUT2D eigenvalue weighted by atomic mass is 16.2. The second kappa shape index (κ2) is 12.1. The zero-order chi connectivity index (χ0) is 23.6. The summed E-state index contributed by atoms with van der Waals surface area (Å²) in [6.07, 6.45) is 5.25. The van der Waals surface area contributed by atoms with E-state index in [4.69, 9.17) is 0 Å². The first-order valence-corrected chi connectivity index (χ1v) is 12.0. The normalized spacial score (nSPS) is 17.5. The summed E-state index contributed by atoms with van der Waals surface area (Å²) in [5, 5.41) is 9.46. The van der Waals surface area contributed by atoms with Crippen molar-refractivity contribution in [3.63, 3.8) is 0 Å². The predicted molar refractivity (Wildman–Crippen MR) is 133 cm³/mol. The molecule has 1 saturated carbocycles. The Balaban J connectivity index is 1.24. The number of aromatic nitrogens is 1. The molecule has 0 bridgehead atoms. The lowest BCUT2D eigenvalue weighted by Crippen LogP contribution is -2.46. The Morgan fingerprint density at radius 1 is 0.912 bits per heavy atom. The van der Waals surface area contributed by atoms with E-state index in [0.717, 1.165) is 25.1 Å². The minimum atomic E-state index is -0.589. The molecule has 1 aromatic heterocycles. The van der Waals surface area contributed by atoms with Gasteiger partial charge in [-0.2, -0.15) is 0 Å². The van der Waals surface area contributed by atoms with Crippen LogP contribution in [0.4, 0.5) is 0 Å². The lowest BCUT2D eigenvalue weighted by Gasteiger charge is -2.19. The van der Waals surface area contributed by atoms with Crippen LogP contribution in [0, 0.1) is 0 Å². The topological polar surface area (TPSA) is 83.1 Å². The third-order valence-corrected chi connectivity index (χ3v) is 6.17. The number of unbranched alkanes of at least 4 members (excludes halogenated alkanes) is 1. The van der Waals surface area contributed by atoms with Gasteiger partial charge in [0.25, 0.3) is 5.91 Å². The van der Waals surface area contributed by atoms with Crippen molar-refractivity contribution in [3.05, 3.63) is 102 Å². The summed E-state index contributed by atoms with van der Waals surface area (Å²) in [7, 11) is 0. The van der Waals surface area contributed by atoms with Crippen molar-refractivity contribution in [2.45, 2.75) is 50.2 Å². The summed E-state index contributed by atoms with van der Waals surface area (Å²) in [6, 6.07) is 25.2. The molecule has 3 N–H and O–H groups in total. The van der Waals surface area contributed by atoms with E-state index >= 15 is 0 Å². The highest BCUT2D eigenvalue weighted by Gasteiger charge is 2.37. The number of rotatable bonds is 12. The van der Waals surface area contributed by atoms with Crippen molar-refractivity contribution < 1.29 is 9.59 Å². The van der Waals surface area contributed by atoms with Gasteiger partial charge in [0.15, 0.2) is 0 Å². The summed E-state index contributed by atoms with van der Waals surface area (Å²) < 4.78 is 0. The lowest BCUT2D eigenvalue weighted by atomic mass is 10.1. The zero-order valence-electron chi connectivity index (χ0n) is 19.3. The Morgan fingerprint density at radius 2 is 1.65 bits per heavy atom. The predicted octanol–water partition coefficient (Wildman–Crippen LogP) is 3.81. The molecule has 1 heterocycles. The van der Waals surface area contributed by atoms with Crippen molar-refractivity contribution in [3.8, 4) is 0 Å². The van der Waals surface area contributed by atoms with Gasteiger partial charge in [0, 0.05) is 23.7 Å². The first kappa shape index (κ1) is 23.6. The molecule has 34 heavy (non-hydrogen) atoms. The van der Waals surface area contributed by atoms with Gasteiger partial charge in [-0.3, -0.25) is 14.6 Å². The Hall–Kier alpha value is -3.51. The second-order valence-electron chi connectivity index (χ2n) is 8.74. The van der Waals surface area contributed by atoms with Crippen molar-refractivity contribution in [1.82, 2.24) is 20.9 Å². The van der Waals surface area contributed by atoms with E-state index in [9.17, 15) is 9.59 Å². The smallest absolute Gasteiger partial charge is 0.251 e. The van der Waals surface area contributed by atoms with Crippen LogP contribution in [-0.2, 0) is 11.3 Å². The second-order valence-corrected chi connectivity index (χ2v) is 8.74. The van der Waals surface area contributed by atoms with Gasteiger partial charge in [-0.1, -0.05) is 54.6 Å². The molecule has 1 aliphatic carbocycles. The van der Waals surface area contributed by atoms with Crippen LogP contribution < -0.4 is 16.0 Å². The van der Waals surface area contributed by atoms with Crippen LogP contribution in [0.5, 0.6) is 0 Å². The van der Waals surface area contributed by atoms with Crippen molar-refractivity contribution in [2.75, 3.05) is 6.54 Å².